The number of nitrogen functional groups attached to an aromatic ring is 1. The van der Waals surface area contributed by atoms with Crippen LogP contribution in [0.15, 0.2) is 12.7 Å². The first-order chi connectivity index (χ1) is 16.3. The van der Waals surface area contributed by atoms with Crippen molar-refractivity contribution in [2.45, 2.75) is 62.4 Å². The van der Waals surface area contributed by atoms with Crippen LogP contribution in [0.25, 0.3) is 11.2 Å². The molecule has 0 bridgehead atoms. The molecular weight excluding hydrogens is 482 g/mol. The van der Waals surface area contributed by atoms with Crippen LogP contribution in [0.5, 0.6) is 0 Å². The molecule has 3 atom stereocenters. The molecule has 0 saturated carbocycles. The van der Waals surface area contributed by atoms with E-state index in [0.717, 1.165) is 18.6 Å². The highest BCUT2D eigenvalue weighted by molar-refractivity contribution is 8.00. The van der Waals surface area contributed by atoms with Crippen LogP contribution in [0.2, 0.25) is 0 Å². The third kappa shape index (κ3) is 6.07. The first kappa shape index (κ1) is 24.5. The second kappa shape index (κ2) is 10.7. The molecule has 0 spiro atoms. The third-order valence-electron chi connectivity index (χ3n) is 5.88. The Balaban J connectivity index is 1.09. The van der Waals surface area contributed by atoms with Crippen molar-refractivity contribution in [2.24, 2.45) is 0 Å². The fourth-order valence-electron chi connectivity index (χ4n) is 4.19. The van der Waals surface area contributed by atoms with Crippen LogP contribution >= 0.6 is 11.8 Å². The number of rotatable bonds is 12. The monoisotopic (exact) mass is 511 g/mol. The summed E-state index contributed by atoms with van der Waals surface area (Å²) >= 11 is 1.82. The van der Waals surface area contributed by atoms with Gasteiger partial charge in [0.15, 0.2) is 11.5 Å². The number of hydrogen-bond acceptors (Lipinski definition) is 9. The zero-order valence-corrected chi connectivity index (χ0v) is 20.2. The zero-order valence-electron chi connectivity index (χ0n) is 18.6. The minimum atomic E-state index is -3.89. The highest BCUT2D eigenvalue weighted by atomic mass is 32.2. The van der Waals surface area contributed by atoms with Crippen molar-refractivity contribution in [1.29, 1.82) is 0 Å². The number of urea groups is 1. The summed E-state index contributed by atoms with van der Waals surface area (Å²) in [6.07, 6.45) is 6.64. The van der Waals surface area contributed by atoms with Crippen molar-refractivity contribution in [1.82, 2.24) is 39.6 Å². The van der Waals surface area contributed by atoms with Crippen molar-refractivity contribution in [3.8, 4) is 0 Å². The summed E-state index contributed by atoms with van der Waals surface area (Å²) < 4.78 is 30.5. The molecule has 2 fully saturated rings. The highest BCUT2D eigenvalue weighted by Gasteiger charge is 2.42. The number of thioether (sulfide) groups is 1. The number of nitrogens with one attached hydrogen (secondary N) is 4. The molecule has 0 aromatic carbocycles. The Morgan fingerprint density at radius 1 is 1.21 bits per heavy atom. The summed E-state index contributed by atoms with van der Waals surface area (Å²) in [5.74, 6) is 0.681. The Kier molecular flexibility index (Phi) is 7.73. The summed E-state index contributed by atoms with van der Waals surface area (Å²) in [7, 11) is -3.89. The quantitative estimate of drug-likeness (QED) is 0.191. The molecular formula is C19H29N9O4S2. The molecule has 2 saturated heterocycles. The molecule has 0 unspecified atom stereocenters. The molecule has 3 amide bonds. The van der Waals surface area contributed by atoms with Gasteiger partial charge in [0.05, 0.1) is 18.4 Å². The van der Waals surface area contributed by atoms with E-state index in [0.29, 0.717) is 48.0 Å². The van der Waals surface area contributed by atoms with E-state index in [-0.39, 0.29) is 31.1 Å². The summed E-state index contributed by atoms with van der Waals surface area (Å²) in [6, 6.07) is 0.191. The van der Waals surface area contributed by atoms with Gasteiger partial charge in [-0.15, -0.1) is 0 Å². The van der Waals surface area contributed by atoms with Gasteiger partial charge in [0.1, 0.15) is 11.8 Å². The molecule has 2 aromatic rings. The van der Waals surface area contributed by atoms with Gasteiger partial charge >= 0.3 is 16.2 Å². The zero-order chi connectivity index (χ0) is 24.1. The minimum Gasteiger partial charge on any atom is -0.382 e. The van der Waals surface area contributed by atoms with E-state index in [2.05, 4.69) is 35.0 Å². The number of carbonyl (C=O) groups is 2. The number of nitrogens with zero attached hydrogens (tertiary/aromatic N) is 4. The largest absolute Gasteiger partial charge is 0.382 e. The fourth-order valence-corrected chi connectivity index (χ4v) is 6.62. The van der Waals surface area contributed by atoms with Gasteiger partial charge in [0, 0.05) is 30.5 Å². The normalized spacial score (nSPS) is 21.9. The molecule has 2 aromatic heterocycles. The van der Waals surface area contributed by atoms with Gasteiger partial charge in [0.2, 0.25) is 5.91 Å². The van der Waals surface area contributed by atoms with Crippen molar-refractivity contribution in [2.75, 3.05) is 18.0 Å². The maximum Gasteiger partial charge on any atom is 0.315 e. The van der Waals surface area contributed by atoms with E-state index in [1.165, 1.54) is 6.33 Å². The molecule has 4 rings (SSSR count). The van der Waals surface area contributed by atoms with Crippen LogP contribution in [0.3, 0.4) is 0 Å². The molecule has 186 valence electrons. The summed E-state index contributed by atoms with van der Waals surface area (Å²) in [5, 5.41) is 6.16. The molecule has 34 heavy (non-hydrogen) atoms. The number of carbonyl (C=O) groups excluding carboxylic acids is 2. The average molecular weight is 512 g/mol. The van der Waals surface area contributed by atoms with Gasteiger partial charge in [-0.3, -0.25) is 4.79 Å². The smallest absolute Gasteiger partial charge is 0.315 e. The van der Waals surface area contributed by atoms with Gasteiger partial charge in [0.25, 0.3) is 0 Å². The Hall–Kier alpha value is -2.65. The maximum atomic E-state index is 12.1. The standard InChI is InChI=1S/C19H29N9O4S2/c20-17-16-18(22-10-21-17)28(11-23-16)8-4-3-7-24-34(31,32)27-14(29)6-2-1-5-13-15-12(9-33-13)25-19(30)26-15/h10-13,15,24H,1-9H2,(H,27,29)(H2,20,21,22)(H2,25,26,30)/t12-,13-,15-/m0/s1. The minimum absolute atomic E-state index is 0.118. The van der Waals surface area contributed by atoms with Crippen molar-refractivity contribution in [3.05, 3.63) is 12.7 Å². The lowest BCUT2D eigenvalue weighted by atomic mass is 10.0. The van der Waals surface area contributed by atoms with E-state index in [9.17, 15) is 18.0 Å². The molecule has 6 N–H and O–H groups in total. The van der Waals surface area contributed by atoms with Gasteiger partial charge in [-0.25, -0.2) is 24.5 Å². The van der Waals surface area contributed by atoms with E-state index >= 15 is 0 Å². The average Bonchev–Trinajstić information content (AvgIpc) is 3.46. The number of aryl methyl sites for hydroxylation is 1. The van der Waals surface area contributed by atoms with Crippen LogP contribution in [0.4, 0.5) is 10.6 Å². The van der Waals surface area contributed by atoms with Crippen molar-refractivity contribution >= 4 is 50.9 Å². The summed E-state index contributed by atoms with van der Waals surface area (Å²) in [6.45, 7) is 0.801. The van der Waals surface area contributed by atoms with Gasteiger partial charge < -0.3 is 20.9 Å². The molecule has 0 aliphatic carbocycles. The number of amides is 3. The molecule has 15 heteroatoms. The van der Waals surface area contributed by atoms with Gasteiger partial charge in [-0.05, 0) is 25.7 Å². The van der Waals surface area contributed by atoms with Crippen LogP contribution < -0.4 is 25.8 Å². The van der Waals surface area contributed by atoms with E-state index in [1.54, 1.807) is 6.33 Å². The van der Waals surface area contributed by atoms with Gasteiger partial charge in [-0.1, -0.05) is 6.42 Å². The third-order valence-corrected chi connectivity index (χ3v) is 8.47. The van der Waals surface area contributed by atoms with E-state index in [1.807, 2.05) is 16.3 Å². The molecule has 2 aliphatic heterocycles. The second-order valence-corrected chi connectivity index (χ2v) is 11.1. The lowest BCUT2D eigenvalue weighted by molar-refractivity contribution is -0.119. The van der Waals surface area contributed by atoms with Crippen molar-refractivity contribution in [3.63, 3.8) is 0 Å². The Morgan fingerprint density at radius 2 is 2.06 bits per heavy atom. The highest BCUT2D eigenvalue weighted by Crippen LogP contribution is 2.33. The molecule has 2 aliphatic rings. The van der Waals surface area contributed by atoms with Crippen LogP contribution in [-0.2, 0) is 21.5 Å². The molecule has 13 nitrogen and oxygen atoms in total. The first-order valence-corrected chi connectivity index (χ1v) is 13.8. The number of aromatic nitrogens is 4. The summed E-state index contributed by atoms with van der Waals surface area (Å²) in [5.41, 5.74) is 6.94. The van der Waals surface area contributed by atoms with Crippen molar-refractivity contribution < 1.29 is 18.0 Å². The summed E-state index contributed by atoms with van der Waals surface area (Å²) in [4.78, 5) is 35.7. The van der Waals surface area contributed by atoms with E-state index < -0.39 is 16.1 Å². The van der Waals surface area contributed by atoms with E-state index in [4.69, 9.17) is 5.73 Å². The maximum absolute atomic E-state index is 12.1. The number of fused-ring (bicyclic) bond motifs is 2. The number of imidazole rings is 1. The number of unbranched alkanes of at least 4 members (excludes halogenated alkanes) is 2. The Labute approximate surface area is 201 Å². The number of hydrogen-bond donors (Lipinski definition) is 5. The first-order valence-electron chi connectivity index (χ1n) is 11.2. The van der Waals surface area contributed by atoms with Crippen LogP contribution in [-0.4, -0.2) is 69.5 Å². The SMILES string of the molecule is Nc1ncnc2c1ncn2CCCCNS(=O)(=O)NC(=O)CCCC[C@@H]1SC[C@@H]2NC(=O)N[C@@H]21. The van der Waals surface area contributed by atoms with Crippen LogP contribution in [0.1, 0.15) is 38.5 Å². The molecule has 0 radical (unpaired) electrons. The lowest BCUT2D eigenvalue weighted by Gasteiger charge is -2.16. The topological polar surface area (TPSA) is 186 Å². The lowest BCUT2D eigenvalue weighted by Crippen LogP contribution is -2.40. The predicted molar refractivity (Wildman–Crippen MR) is 128 cm³/mol. The predicted octanol–water partition coefficient (Wildman–Crippen LogP) is -0.135. The Morgan fingerprint density at radius 3 is 2.91 bits per heavy atom. The second-order valence-electron chi connectivity index (χ2n) is 8.37. The number of nitrogens with two attached hydrogens (primary N) is 1. The molecule has 4 heterocycles. The number of anilines is 1. The Bertz CT molecular complexity index is 1140. The fraction of sp³-hybridized carbons (Fsp3) is 0.632. The van der Waals surface area contributed by atoms with Crippen LogP contribution in [0, 0.1) is 0 Å². The van der Waals surface area contributed by atoms with Gasteiger partial charge in [-0.2, -0.15) is 24.9 Å².